The molecule has 4 aliphatic rings. The average molecular weight is 459 g/mol. The third kappa shape index (κ3) is 3.83. The molecular weight excluding hydrogens is 416 g/mol. The maximum atomic E-state index is 13.2. The van der Waals surface area contributed by atoms with Gasteiger partial charge in [0.1, 0.15) is 0 Å². The number of Topliss-reactive ketones (excluding diaryl/α,β-unsaturated/α-hetero) is 1. The van der Waals surface area contributed by atoms with Gasteiger partial charge in [-0.15, -0.1) is 0 Å². The number of hydrogen-bond donors (Lipinski definition) is 1. The molecule has 0 aromatic carbocycles. The minimum absolute atomic E-state index is 0.00600. The lowest BCUT2D eigenvalue weighted by atomic mass is 9.41. The molecule has 0 aromatic rings. The fourth-order valence-electron chi connectivity index (χ4n) is 8.45. The number of carbonyl (C=O) groups excluding carboxylic acids is 3. The molecule has 0 bridgehead atoms. The number of hydrogen-bond acceptors (Lipinski definition) is 5. The number of unbranched alkanes of at least 4 members (excludes halogenated alkanes) is 2. The van der Waals surface area contributed by atoms with E-state index in [1.165, 1.54) is 0 Å². The predicted molar refractivity (Wildman–Crippen MR) is 126 cm³/mol. The molecule has 0 heterocycles. The number of esters is 1. The van der Waals surface area contributed by atoms with E-state index in [9.17, 15) is 19.5 Å². The molecule has 5 heteroatoms. The molecule has 5 nitrogen and oxygen atoms in total. The summed E-state index contributed by atoms with van der Waals surface area (Å²) >= 11 is 0. The Bertz CT molecular complexity index is 830. The van der Waals surface area contributed by atoms with Crippen LogP contribution in [0, 0.1) is 28.6 Å². The van der Waals surface area contributed by atoms with E-state index >= 15 is 0 Å². The van der Waals surface area contributed by atoms with Crippen molar-refractivity contribution in [2.24, 2.45) is 28.6 Å². The van der Waals surface area contributed by atoms with Crippen LogP contribution >= 0.6 is 0 Å². The van der Waals surface area contributed by atoms with E-state index in [-0.39, 0.29) is 35.0 Å². The van der Waals surface area contributed by atoms with E-state index in [1.54, 1.807) is 6.92 Å². The predicted octanol–water partition coefficient (Wildman–Crippen LogP) is 5.33. The Morgan fingerprint density at radius 1 is 1.09 bits per heavy atom. The van der Waals surface area contributed by atoms with Gasteiger partial charge in [0.25, 0.3) is 0 Å². The zero-order valence-electron chi connectivity index (χ0n) is 20.8. The second-order valence-electron chi connectivity index (χ2n) is 11.5. The maximum Gasteiger partial charge on any atom is 0.306 e. The van der Waals surface area contributed by atoms with Crippen LogP contribution < -0.4 is 0 Å². The van der Waals surface area contributed by atoms with Gasteiger partial charge >= 0.3 is 5.97 Å². The molecule has 3 fully saturated rings. The highest BCUT2D eigenvalue weighted by atomic mass is 16.6. The summed E-state index contributed by atoms with van der Waals surface area (Å²) in [4.78, 5) is 38.2. The smallest absolute Gasteiger partial charge is 0.306 e. The van der Waals surface area contributed by atoms with Crippen LogP contribution in [0.3, 0.4) is 0 Å². The van der Waals surface area contributed by atoms with Crippen molar-refractivity contribution in [1.29, 1.82) is 0 Å². The van der Waals surface area contributed by atoms with E-state index in [2.05, 4.69) is 13.8 Å². The first-order chi connectivity index (χ1) is 15.7. The van der Waals surface area contributed by atoms with Gasteiger partial charge in [0, 0.05) is 23.7 Å². The monoisotopic (exact) mass is 458 g/mol. The quantitative estimate of drug-likeness (QED) is 0.412. The van der Waals surface area contributed by atoms with Crippen LogP contribution in [0.2, 0.25) is 0 Å². The van der Waals surface area contributed by atoms with Crippen molar-refractivity contribution in [2.45, 2.75) is 110 Å². The van der Waals surface area contributed by atoms with Crippen LogP contribution in [0.25, 0.3) is 0 Å². The van der Waals surface area contributed by atoms with Crippen molar-refractivity contribution < 1.29 is 24.2 Å². The van der Waals surface area contributed by atoms with Gasteiger partial charge in [-0.1, -0.05) is 32.3 Å². The molecule has 4 aliphatic carbocycles. The van der Waals surface area contributed by atoms with Gasteiger partial charge in [-0.3, -0.25) is 14.4 Å². The standard InChI is InChI=1S/C28H42O5/c1-4-5-6-9-25(32)33-28(19(2)30)14-7-8-23-22-11-10-20-17-21(31)12-16-27(20,18-29)24(22)13-15-26(23,28)3/h17,22-24,29H,4-16,18H2,1-3H3/t22-,23-,24-,26-,27+,28-/m0/s1. The van der Waals surface area contributed by atoms with Gasteiger partial charge in [-0.2, -0.15) is 0 Å². The molecule has 33 heavy (non-hydrogen) atoms. The van der Waals surface area contributed by atoms with E-state index in [0.717, 1.165) is 69.8 Å². The van der Waals surface area contributed by atoms with Crippen LogP contribution in [0.4, 0.5) is 0 Å². The van der Waals surface area contributed by atoms with E-state index in [0.29, 0.717) is 37.0 Å². The van der Waals surface area contributed by atoms with Crippen molar-refractivity contribution in [3.63, 3.8) is 0 Å². The Hall–Kier alpha value is -1.49. The SMILES string of the molecule is CCCCCC(=O)O[C@]1(C(C)=O)CCC[C@H]2[C@@H]3CCC4=CC(=O)CC[C@]4(CO)[C@H]3CC[C@@]21C. The number of aliphatic hydroxyl groups excluding tert-OH is 1. The van der Waals surface area contributed by atoms with Crippen LogP contribution in [-0.4, -0.2) is 34.9 Å². The summed E-state index contributed by atoms with van der Waals surface area (Å²) in [6.07, 6.45) is 12.4. The number of carbonyl (C=O) groups is 3. The van der Waals surface area contributed by atoms with Gasteiger partial charge in [0.05, 0.1) is 6.61 Å². The van der Waals surface area contributed by atoms with Crippen molar-refractivity contribution in [3.8, 4) is 0 Å². The number of rotatable bonds is 7. The molecule has 0 spiro atoms. The molecule has 0 saturated heterocycles. The van der Waals surface area contributed by atoms with Gasteiger partial charge in [-0.25, -0.2) is 0 Å². The number of aliphatic hydroxyl groups is 1. The average Bonchev–Trinajstić information content (AvgIpc) is 2.79. The molecule has 0 aromatic heterocycles. The van der Waals surface area contributed by atoms with E-state index in [1.807, 2.05) is 6.08 Å². The fraction of sp³-hybridized carbons (Fsp3) is 0.821. The van der Waals surface area contributed by atoms with Crippen molar-refractivity contribution in [2.75, 3.05) is 6.61 Å². The minimum atomic E-state index is -1.03. The number of fused-ring (bicyclic) bond motifs is 5. The molecule has 0 radical (unpaired) electrons. The molecule has 3 saturated carbocycles. The van der Waals surface area contributed by atoms with Crippen LogP contribution in [0.1, 0.15) is 104 Å². The third-order valence-electron chi connectivity index (χ3n) is 10.2. The molecule has 0 amide bonds. The van der Waals surface area contributed by atoms with E-state index < -0.39 is 5.60 Å². The Labute approximate surface area is 198 Å². The molecular formula is C28H42O5. The highest BCUT2D eigenvalue weighted by Gasteiger charge is 2.66. The minimum Gasteiger partial charge on any atom is -0.450 e. The molecule has 184 valence electrons. The lowest BCUT2D eigenvalue weighted by Crippen LogP contribution is -2.65. The molecule has 1 N–H and O–H groups in total. The summed E-state index contributed by atoms with van der Waals surface area (Å²) in [7, 11) is 0. The Balaban J connectivity index is 1.65. The first kappa shape index (κ1) is 24.6. The Kier molecular flexibility index (Phi) is 6.93. The summed E-state index contributed by atoms with van der Waals surface area (Å²) in [5.41, 5.74) is -0.538. The van der Waals surface area contributed by atoms with Crippen molar-refractivity contribution in [3.05, 3.63) is 11.6 Å². The van der Waals surface area contributed by atoms with Gasteiger partial charge in [0.15, 0.2) is 17.2 Å². The summed E-state index contributed by atoms with van der Waals surface area (Å²) in [5, 5.41) is 10.6. The van der Waals surface area contributed by atoms with Crippen molar-refractivity contribution >= 4 is 17.5 Å². The summed E-state index contributed by atoms with van der Waals surface area (Å²) in [6, 6.07) is 0. The van der Waals surface area contributed by atoms with Crippen LogP contribution in [-0.2, 0) is 19.1 Å². The van der Waals surface area contributed by atoms with E-state index in [4.69, 9.17) is 4.74 Å². The molecule has 4 rings (SSSR count). The third-order valence-corrected chi connectivity index (χ3v) is 10.2. The lowest BCUT2D eigenvalue weighted by Gasteiger charge is -2.64. The normalized spacial score (nSPS) is 40.2. The first-order valence-corrected chi connectivity index (χ1v) is 13.3. The molecule has 6 atom stereocenters. The number of allylic oxidation sites excluding steroid dienone is 1. The Morgan fingerprint density at radius 2 is 1.88 bits per heavy atom. The molecule has 0 aliphatic heterocycles. The zero-order chi connectivity index (χ0) is 23.9. The topological polar surface area (TPSA) is 80.7 Å². The largest absolute Gasteiger partial charge is 0.450 e. The Morgan fingerprint density at radius 3 is 2.58 bits per heavy atom. The van der Waals surface area contributed by atoms with Gasteiger partial charge in [-0.05, 0) is 88.5 Å². The summed E-state index contributed by atoms with van der Waals surface area (Å²) in [5.74, 6) is 0.967. The maximum absolute atomic E-state index is 13.2. The summed E-state index contributed by atoms with van der Waals surface area (Å²) in [6.45, 7) is 6.03. The second-order valence-corrected chi connectivity index (χ2v) is 11.5. The fourth-order valence-corrected chi connectivity index (χ4v) is 8.45. The highest BCUT2D eigenvalue weighted by Crippen LogP contribution is 2.67. The summed E-state index contributed by atoms with van der Waals surface area (Å²) < 4.78 is 6.22. The highest BCUT2D eigenvalue weighted by molar-refractivity contribution is 5.92. The number of ketones is 2. The van der Waals surface area contributed by atoms with Gasteiger partial charge < -0.3 is 9.84 Å². The number of ether oxygens (including phenoxy) is 1. The van der Waals surface area contributed by atoms with Gasteiger partial charge in [0.2, 0.25) is 0 Å². The second kappa shape index (κ2) is 9.28. The lowest BCUT2D eigenvalue weighted by molar-refractivity contribution is -0.216. The molecule has 0 unspecified atom stereocenters. The van der Waals surface area contributed by atoms with Crippen LogP contribution in [0.5, 0.6) is 0 Å². The first-order valence-electron chi connectivity index (χ1n) is 13.3. The zero-order valence-corrected chi connectivity index (χ0v) is 20.8. The van der Waals surface area contributed by atoms with Crippen LogP contribution in [0.15, 0.2) is 11.6 Å². The van der Waals surface area contributed by atoms with Crippen molar-refractivity contribution in [1.82, 2.24) is 0 Å².